The number of aliphatic hydroxyl groups excluding tert-OH is 1. The summed E-state index contributed by atoms with van der Waals surface area (Å²) in [5, 5.41) is 22.8. The number of rotatable bonds is 9. The molecule has 2 aromatic carbocycles. The van der Waals surface area contributed by atoms with Crippen molar-refractivity contribution < 1.29 is 27.5 Å². The Morgan fingerprint density at radius 3 is 1.78 bits per heavy atom. The largest absolute Gasteiger partial charge is 0.407 e. The fourth-order valence-electron chi connectivity index (χ4n) is 3.80. The minimum absolute atomic E-state index is 0.0205. The van der Waals surface area contributed by atoms with Crippen LogP contribution in [0.3, 0.4) is 0 Å². The second kappa shape index (κ2) is 11.8. The summed E-state index contributed by atoms with van der Waals surface area (Å²) in [7, 11) is 0. The average Bonchev–Trinajstić information content (AvgIpc) is 3.57. The van der Waals surface area contributed by atoms with Gasteiger partial charge in [0.1, 0.15) is 17.2 Å². The van der Waals surface area contributed by atoms with Crippen molar-refractivity contribution in [3.63, 3.8) is 0 Å². The molecule has 0 saturated heterocycles. The Balaban J connectivity index is 0.000000482. The van der Waals surface area contributed by atoms with E-state index in [1.165, 1.54) is 26.0 Å². The molecule has 2 aromatic rings. The summed E-state index contributed by atoms with van der Waals surface area (Å²) in [4.78, 5) is 9.76. The Hall–Kier alpha value is -2.96. The van der Waals surface area contributed by atoms with Crippen molar-refractivity contribution in [2.75, 3.05) is 0 Å². The molecule has 36 heavy (non-hydrogen) atoms. The third kappa shape index (κ3) is 8.92. The third-order valence-electron chi connectivity index (χ3n) is 5.84. The minimum Gasteiger partial charge on any atom is -0.389 e. The summed E-state index contributed by atoms with van der Waals surface area (Å²) in [5.41, 5.74) is 0.457. The lowest BCUT2D eigenvalue weighted by Gasteiger charge is -2.28. The zero-order chi connectivity index (χ0) is 27.1. The van der Waals surface area contributed by atoms with E-state index in [1.807, 2.05) is 18.2 Å². The van der Waals surface area contributed by atoms with Crippen LogP contribution in [0, 0.1) is 11.3 Å². The maximum Gasteiger partial charge on any atom is 0.407 e. The highest BCUT2D eigenvalue weighted by Crippen LogP contribution is 2.35. The third-order valence-corrected chi connectivity index (χ3v) is 5.84. The van der Waals surface area contributed by atoms with Crippen LogP contribution in [0.25, 0.3) is 11.1 Å². The molecule has 3 atom stereocenters. The van der Waals surface area contributed by atoms with Crippen molar-refractivity contribution in [3.05, 3.63) is 59.7 Å². The number of alkyl halides is 4. The van der Waals surface area contributed by atoms with Crippen LogP contribution in [-0.4, -0.2) is 34.9 Å². The number of nitrogens with zero attached hydrogens (tertiary/aromatic N) is 1. The number of carbonyl (C=O) groups excluding carboxylic acids is 1. The topological polar surface area (TPSA) is 85.2 Å². The number of hydrogen-bond donors (Lipinski definition) is 3. The average molecular weight is 508 g/mol. The maximum absolute atomic E-state index is 13.8. The first-order valence-corrected chi connectivity index (χ1v) is 11.7. The second-order valence-electron chi connectivity index (χ2n) is 9.84. The van der Waals surface area contributed by atoms with Gasteiger partial charge in [-0.2, -0.15) is 18.4 Å². The van der Waals surface area contributed by atoms with Gasteiger partial charge in [-0.25, -0.2) is 4.39 Å². The second-order valence-corrected chi connectivity index (χ2v) is 9.84. The molecule has 1 amide bonds. The first kappa shape index (κ1) is 29.3. The molecular weight excluding hydrogens is 474 g/mol. The Labute approximate surface area is 209 Å². The van der Waals surface area contributed by atoms with Crippen LogP contribution in [0.15, 0.2) is 48.5 Å². The molecule has 3 rings (SSSR count). The van der Waals surface area contributed by atoms with Crippen LogP contribution in [0.2, 0.25) is 0 Å². The number of halogens is 4. The van der Waals surface area contributed by atoms with Gasteiger partial charge in [0.2, 0.25) is 6.41 Å². The number of amides is 1. The van der Waals surface area contributed by atoms with E-state index in [4.69, 9.17) is 5.26 Å². The quantitative estimate of drug-likeness (QED) is 0.291. The van der Waals surface area contributed by atoms with Crippen molar-refractivity contribution in [1.82, 2.24) is 10.6 Å². The van der Waals surface area contributed by atoms with E-state index in [0.717, 1.165) is 29.5 Å². The fraction of sp³-hybridized carbons (Fsp3) is 0.481. The molecule has 5 nitrogen and oxygen atoms in total. The molecule has 0 bridgehead atoms. The number of nitrogens with one attached hydrogen (secondary N) is 2. The molecule has 9 heteroatoms. The normalized spacial score (nSPS) is 17.0. The van der Waals surface area contributed by atoms with Crippen molar-refractivity contribution in [1.29, 1.82) is 5.26 Å². The van der Waals surface area contributed by atoms with Gasteiger partial charge in [-0.15, -0.1) is 0 Å². The summed E-state index contributed by atoms with van der Waals surface area (Å²) in [6.45, 7) is 5.92. The number of carbonyl (C=O) groups is 1. The summed E-state index contributed by atoms with van der Waals surface area (Å²) < 4.78 is 54.5. The molecule has 196 valence electrons. The van der Waals surface area contributed by atoms with Crippen LogP contribution < -0.4 is 10.6 Å². The lowest BCUT2D eigenvalue weighted by atomic mass is 9.97. The van der Waals surface area contributed by atoms with Gasteiger partial charge in [0.05, 0.1) is 12.2 Å². The number of aliphatic hydroxyl groups is 1. The molecule has 1 fully saturated rings. The Morgan fingerprint density at radius 2 is 1.47 bits per heavy atom. The van der Waals surface area contributed by atoms with Crippen molar-refractivity contribution in [2.45, 2.75) is 82.5 Å². The molecular formula is C27H33F4N3O2. The summed E-state index contributed by atoms with van der Waals surface area (Å²) >= 11 is 0. The number of hydrogen-bond acceptors (Lipinski definition) is 4. The maximum atomic E-state index is 13.8. The molecule has 1 aliphatic carbocycles. The predicted molar refractivity (Wildman–Crippen MR) is 130 cm³/mol. The standard InChI is InChI=1S/C22H27F4NO.C5H6N2O/c1-14(13-21(3,4)23)27-20(22(24,25)26)19-11-9-18(10-12-19)17-7-5-16(6-8-17)15(2)28;6-3-5(1-2-5)7-4-8/h5-12,14-15,20,27-28H,13H2,1-4H3;4H,1-2H2,(H,7,8). The monoisotopic (exact) mass is 507 g/mol. The number of benzene rings is 2. The SMILES string of the molecule is CC(CC(C)(C)F)NC(c1ccc(-c2ccc(C(C)O)cc2)cc1)C(F)(F)F.N#CC1(NC=O)CC1. The van der Waals surface area contributed by atoms with Crippen molar-refractivity contribution in [3.8, 4) is 17.2 Å². The van der Waals surface area contributed by atoms with Gasteiger partial charge in [-0.05, 0) is 69.2 Å². The summed E-state index contributed by atoms with van der Waals surface area (Å²) in [6.07, 6.45) is -2.89. The van der Waals surface area contributed by atoms with Gasteiger partial charge in [0.25, 0.3) is 0 Å². The van der Waals surface area contributed by atoms with E-state index in [9.17, 15) is 27.5 Å². The van der Waals surface area contributed by atoms with Crippen molar-refractivity contribution in [2.24, 2.45) is 0 Å². The van der Waals surface area contributed by atoms with Crippen LogP contribution in [0.5, 0.6) is 0 Å². The molecule has 0 radical (unpaired) electrons. The van der Waals surface area contributed by atoms with Gasteiger partial charge in [-0.3, -0.25) is 10.1 Å². The summed E-state index contributed by atoms with van der Waals surface area (Å²) in [5.74, 6) is 0. The van der Waals surface area contributed by atoms with Crippen LogP contribution in [0.1, 0.15) is 70.2 Å². The van der Waals surface area contributed by atoms with E-state index in [2.05, 4.69) is 10.6 Å². The molecule has 0 spiro atoms. The Bertz CT molecular complexity index is 1020. The lowest BCUT2D eigenvalue weighted by Crippen LogP contribution is -2.41. The zero-order valence-corrected chi connectivity index (χ0v) is 20.9. The van der Waals surface area contributed by atoms with E-state index in [1.54, 1.807) is 38.1 Å². The minimum atomic E-state index is -4.49. The van der Waals surface area contributed by atoms with Gasteiger partial charge in [-0.1, -0.05) is 48.5 Å². The molecule has 0 heterocycles. The van der Waals surface area contributed by atoms with Crippen LogP contribution in [-0.2, 0) is 4.79 Å². The van der Waals surface area contributed by atoms with E-state index in [-0.39, 0.29) is 12.0 Å². The zero-order valence-electron chi connectivity index (χ0n) is 20.9. The molecule has 3 N–H and O–H groups in total. The predicted octanol–water partition coefficient (Wildman–Crippen LogP) is 5.92. The Kier molecular flexibility index (Phi) is 9.64. The Morgan fingerprint density at radius 1 is 1.00 bits per heavy atom. The first-order valence-electron chi connectivity index (χ1n) is 11.7. The first-order chi connectivity index (χ1) is 16.7. The molecule has 1 saturated carbocycles. The molecule has 3 unspecified atom stereocenters. The molecule has 1 aliphatic rings. The van der Waals surface area contributed by atoms with Crippen LogP contribution >= 0.6 is 0 Å². The molecule has 0 aliphatic heterocycles. The smallest absolute Gasteiger partial charge is 0.389 e. The molecule has 0 aromatic heterocycles. The summed E-state index contributed by atoms with van der Waals surface area (Å²) in [6, 6.07) is 12.9. The van der Waals surface area contributed by atoms with Gasteiger partial charge >= 0.3 is 6.18 Å². The highest BCUT2D eigenvalue weighted by Gasteiger charge is 2.43. The van der Waals surface area contributed by atoms with Crippen molar-refractivity contribution >= 4 is 6.41 Å². The van der Waals surface area contributed by atoms with E-state index in [0.29, 0.717) is 6.41 Å². The number of nitriles is 1. The highest BCUT2D eigenvalue weighted by atomic mass is 19.4. The fourth-order valence-corrected chi connectivity index (χ4v) is 3.80. The van der Waals surface area contributed by atoms with Crippen LogP contribution in [0.4, 0.5) is 17.6 Å². The van der Waals surface area contributed by atoms with Gasteiger partial charge in [0, 0.05) is 6.04 Å². The van der Waals surface area contributed by atoms with Gasteiger partial charge < -0.3 is 10.4 Å². The highest BCUT2D eigenvalue weighted by molar-refractivity contribution is 5.64. The lowest BCUT2D eigenvalue weighted by molar-refractivity contribution is -0.160. The van der Waals surface area contributed by atoms with Gasteiger partial charge in [0.15, 0.2) is 0 Å². The van der Waals surface area contributed by atoms with E-state index < -0.39 is 35.6 Å². The van der Waals surface area contributed by atoms with E-state index >= 15 is 0 Å².